The van der Waals surface area contributed by atoms with Crippen molar-refractivity contribution in [2.45, 2.75) is 6.04 Å². The summed E-state index contributed by atoms with van der Waals surface area (Å²) in [7, 11) is 1.65. The number of rotatable bonds is 2. The summed E-state index contributed by atoms with van der Waals surface area (Å²) in [6.07, 6.45) is 1.70. The third-order valence-electron chi connectivity index (χ3n) is 4.74. The molecule has 1 atom stereocenters. The van der Waals surface area contributed by atoms with Crippen molar-refractivity contribution in [2.75, 3.05) is 0 Å². The van der Waals surface area contributed by atoms with Crippen LogP contribution in [0.3, 0.4) is 0 Å². The number of para-hydroxylation sites is 2. The molecule has 2 heterocycles. The molecule has 0 amide bonds. The van der Waals surface area contributed by atoms with Crippen LogP contribution in [0.5, 0.6) is 11.5 Å². The summed E-state index contributed by atoms with van der Waals surface area (Å²) in [5, 5.41) is 24.8. The molecule has 0 spiro atoms. The Labute approximate surface area is 165 Å². The molecule has 0 aliphatic carbocycles. The zero-order valence-corrected chi connectivity index (χ0v) is 15.7. The van der Waals surface area contributed by atoms with E-state index >= 15 is 0 Å². The van der Waals surface area contributed by atoms with E-state index in [4.69, 9.17) is 12.2 Å². The van der Waals surface area contributed by atoms with Gasteiger partial charge in [-0.1, -0.05) is 30.3 Å². The third kappa shape index (κ3) is 2.98. The molecule has 0 bridgehead atoms. The van der Waals surface area contributed by atoms with E-state index in [0.29, 0.717) is 22.2 Å². The lowest BCUT2D eigenvalue weighted by atomic mass is 10.0. The smallest absolute Gasteiger partial charge is 0.263 e. The van der Waals surface area contributed by atoms with Crippen molar-refractivity contribution < 1.29 is 10.2 Å². The van der Waals surface area contributed by atoms with E-state index in [0.717, 1.165) is 0 Å². The number of fused-ring (bicyclic) bond motifs is 1. The first-order valence-electron chi connectivity index (χ1n) is 8.60. The van der Waals surface area contributed by atoms with E-state index in [1.165, 1.54) is 4.57 Å². The zero-order chi connectivity index (χ0) is 19.8. The summed E-state index contributed by atoms with van der Waals surface area (Å²) in [5.74, 6) is -0.0287. The Bertz CT molecular complexity index is 1190. The first-order valence-corrected chi connectivity index (χ1v) is 9.01. The van der Waals surface area contributed by atoms with E-state index in [9.17, 15) is 15.0 Å². The van der Waals surface area contributed by atoms with Crippen LogP contribution in [0.4, 0.5) is 0 Å². The highest BCUT2D eigenvalue weighted by molar-refractivity contribution is 7.80. The molecule has 0 unspecified atom stereocenters. The van der Waals surface area contributed by atoms with Crippen molar-refractivity contribution in [3.8, 4) is 11.5 Å². The normalized spacial score (nSPS) is 16.8. The van der Waals surface area contributed by atoms with Gasteiger partial charge in [0.15, 0.2) is 5.11 Å². The Morgan fingerprint density at radius 3 is 2.57 bits per heavy atom. The van der Waals surface area contributed by atoms with Crippen LogP contribution in [0.25, 0.3) is 16.6 Å². The van der Waals surface area contributed by atoms with Gasteiger partial charge in [0.1, 0.15) is 17.1 Å². The summed E-state index contributed by atoms with van der Waals surface area (Å²) in [4.78, 5) is 13.0. The van der Waals surface area contributed by atoms with Gasteiger partial charge in [-0.25, -0.2) is 5.43 Å². The molecule has 0 saturated carbocycles. The standard InChI is InChI=1S/C20H18N4O3S/c1-24-15-8-4-2-7-12(15)18(26)17(19(24)27)14-10-13(22-23-20(28)21-14)11-6-3-5-9-16(11)25/h2-10,13,22,25-26H,1H3,(H2,21,23,28)/t13-/m0/s1. The molecule has 1 aromatic heterocycles. The van der Waals surface area contributed by atoms with Crippen molar-refractivity contribution in [2.24, 2.45) is 7.05 Å². The fourth-order valence-corrected chi connectivity index (χ4v) is 3.50. The molecule has 3 aromatic rings. The number of hydrazine groups is 1. The molecular weight excluding hydrogens is 376 g/mol. The topological polar surface area (TPSA) is 98.6 Å². The molecule has 142 valence electrons. The van der Waals surface area contributed by atoms with Gasteiger partial charge in [0.05, 0.1) is 17.3 Å². The predicted molar refractivity (Wildman–Crippen MR) is 112 cm³/mol. The number of nitrogens with zero attached hydrogens (tertiary/aromatic N) is 1. The van der Waals surface area contributed by atoms with Crippen LogP contribution in [0, 0.1) is 0 Å². The number of phenolic OH excluding ortho intramolecular Hbond substituents is 1. The maximum absolute atomic E-state index is 13.0. The van der Waals surface area contributed by atoms with E-state index in [2.05, 4.69) is 16.2 Å². The summed E-state index contributed by atoms with van der Waals surface area (Å²) >= 11 is 5.24. The van der Waals surface area contributed by atoms with Gasteiger partial charge in [0, 0.05) is 18.0 Å². The number of nitrogens with one attached hydrogen (secondary N) is 3. The van der Waals surface area contributed by atoms with E-state index in [-0.39, 0.29) is 27.7 Å². The van der Waals surface area contributed by atoms with Crippen LogP contribution in [0.1, 0.15) is 17.2 Å². The van der Waals surface area contributed by atoms with E-state index in [1.54, 1.807) is 61.7 Å². The molecule has 8 heteroatoms. The van der Waals surface area contributed by atoms with Gasteiger partial charge in [-0.3, -0.25) is 10.2 Å². The van der Waals surface area contributed by atoms with Gasteiger partial charge in [-0.15, -0.1) is 0 Å². The van der Waals surface area contributed by atoms with Crippen LogP contribution in [0.2, 0.25) is 0 Å². The predicted octanol–water partition coefficient (Wildman–Crippen LogP) is 2.01. The fraction of sp³-hybridized carbons (Fsp3) is 0.100. The minimum absolute atomic E-state index is 0.0980. The Hall–Kier alpha value is -3.36. The summed E-state index contributed by atoms with van der Waals surface area (Å²) in [6, 6.07) is 13.5. The second kappa shape index (κ2) is 6.99. The molecule has 0 radical (unpaired) electrons. The van der Waals surface area contributed by atoms with Gasteiger partial charge < -0.3 is 20.1 Å². The van der Waals surface area contributed by atoms with Crippen LogP contribution >= 0.6 is 12.2 Å². The maximum atomic E-state index is 13.0. The first kappa shape index (κ1) is 18.0. The Balaban J connectivity index is 1.95. The molecule has 5 N–H and O–H groups in total. The Morgan fingerprint density at radius 2 is 1.79 bits per heavy atom. The van der Waals surface area contributed by atoms with Gasteiger partial charge in [-0.05, 0) is 36.5 Å². The summed E-state index contributed by atoms with van der Waals surface area (Å²) < 4.78 is 1.48. The highest BCUT2D eigenvalue weighted by Crippen LogP contribution is 2.32. The maximum Gasteiger partial charge on any atom is 0.263 e. The summed E-state index contributed by atoms with van der Waals surface area (Å²) in [5.41, 5.74) is 7.13. The second-order valence-corrected chi connectivity index (χ2v) is 6.85. The summed E-state index contributed by atoms with van der Waals surface area (Å²) in [6.45, 7) is 0. The molecule has 1 aliphatic rings. The minimum atomic E-state index is -0.500. The Morgan fingerprint density at radius 1 is 1.07 bits per heavy atom. The van der Waals surface area contributed by atoms with Crippen LogP contribution in [-0.4, -0.2) is 19.9 Å². The number of hydrogen-bond acceptors (Lipinski definition) is 5. The molecule has 2 aromatic carbocycles. The number of aromatic hydroxyl groups is 2. The molecule has 4 rings (SSSR count). The molecule has 28 heavy (non-hydrogen) atoms. The first-order chi connectivity index (χ1) is 13.5. The molecule has 1 aliphatic heterocycles. The number of aryl methyl sites for hydroxylation is 1. The van der Waals surface area contributed by atoms with Crippen LogP contribution in [0.15, 0.2) is 59.4 Å². The largest absolute Gasteiger partial charge is 0.508 e. The Kier molecular flexibility index (Phi) is 4.50. The average molecular weight is 394 g/mol. The monoisotopic (exact) mass is 394 g/mol. The number of phenols is 1. The number of hydrogen-bond donors (Lipinski definition) is 5. The van der Waals surface area contributed by atoms with E-state index < -0.39 is 6.04 Å². The molecular formula is C20H18N4O3S. The van der Waals surface area contributed by atoms with Crippen molar-refractivity contribution >= 4 is 33.9 Å². The van der Waals surface area contributed by atoms with Crippen molar-refractivity contribution in [1.29, 1.82) is 0 Å². The molecule has 7 nitrogen and oxygen atoms in total. The number of aromatic nitrogens is 1. The van der Waals surface area contributed by atoms with Crippen molar-refractivity contribution in [3.63, 3.8) is 0 Å². The number of thiocarbonyl (C=S) groups is 1. The van der Waals surface area contributed by atoms with Crippen LogP contribution < -0.4 is 21.7 Å². The fourth-order valence-electron chi connectivity index (χ4n) is 3.33. The van der Waals surface area contributed by atoms with Gasteiger partial charge in [-0.2, -0.15) is 0 Å². The van der Waals surface area contributed by atoms with Crippen LogP contribution in [-0.2, 0) is 7.05 Å². The lowest BCUT2D eigenvalue weighted by molar-refractivity contribution is 0.456. The van der Waals surface area contributed by atoms with Gasteiger partial charge >= 0.3 is 0 Å². The lowest BCUT2D eigenvalue weighted by Gasteiger charge is -2.16. The highest BCUT2D eigenvalue weighted by Gasteiger charge is 2.24. The average Bonchev–Trinajstić information content (AvgIpc) is 2.88. The minimum Gasteiger partial charge on any atom is -0.508 e. The van der Waals surface area contributed by atoms with Gasteiger partial charge in [0.2, 0.25) is 0 Å². The number of benzene rings is 2. The quantitative estimate of drug-likeness (QED) is 0.424. The van der Waals surface area contributed by atoms with Gasteiger partial charge in [0.25, 0.3) is 5.56 Å². The SMILES string of the molecule is Cn1c(=O)c(C2=C[C@@H](c3ccccc3O)NNC(=S)N2)c(O)c2ccccc21. The lowest BCUT2D eigenvalue weighted by Crippen LogP contribution is -2.42. The van der Waals surface area contributed by atoms with Crippen molar-refractivity contribution in [1.82, 2.24) is 20.7 Å². The van der Waals surface area contributed by atoms with Crippen molar-refractivity contribution in [3.05, 3.63) is 76.1 Å². The van der Waals surface area contributed by atoms with E-state index in [1.807, 2.05) is 0 Å². The number of pyridine rings is 1. The molecule has 0 saturated heterocycles. The third-order valence-corrected chi connectivity index (χ3v) is 4.94. The second-order valence-electron chi connectivity index (χ2n) is 6.45. The highest BCUT2D eigenvalue weighted by atomic mass is 32.1. The zero-order valence-electron chi connectivity index (χ0n) is 14.9. The molecule has 0 fully saturated rings.